The molecule has 1 aliphatic rings. The molecule has 1 fully saturated rings. The van der Waals surface area contributed by atoms with Crippen LogP contribution in [0.2, 0.25) is 0 Å². The smallest absolute Gasteiger partial charge is 0.314 e. The van der Waals surface area contributed by atoms with Gasteiger partial charge in [-0.2, -0.15) is 0 Å². The predicted molar refractivity (Wildman–Crippen MR) is 59.5 cm³/mol. The number of halogens is 1. The standard InChI is InChI=1S/C12H14FNO3/c1-17-10-4-7(13)2-3-9(10)12(11(15)16)5-8(14)6-12/h2-4,8H,5-6,14H2,1H3,(H,15,16). The van der Waals surface area contributed by atoms with Crippen LogP contribution in [0.5, 0.6) is 5.75 Å². The van der Waals surface area contributed by atoms with Gasteiger partial charge in [-0.15, -0.1) is 0 Å². The maximum absolute atomic E-state index is 13.1. The van der Waals surface area contributed by atoms with Crippen molar-refractivity contribution in [1.82, 2.24) is 0 Å². The Morgan fingerprint density at radius 1 is 1.59 bits per heavy atom. The average molecular weight is 239 g/mol. The van der Waals surface area contributed by atoms with Crippen LogP contribution < -0.4 is 10.5 Å². The van der Waals surface area contributed by atoms with Crippen molar-refractivity contribution in [2.24, 2.45) is 5.73 Å². The molecule has 0 radical (unpaired) electrons. The topological polar surface area (TPSA) is 72.5 Å². The van der Waals surface area contributed by atoms with Crippen LogP contribution in [0, 0.1) is 5.82 Å². The molecule has 0 unspecified atom stereocenters. The van der Waals surface area contributed by atoms with Gasteiger partial charge in [0.05, 0.1) is 12.5 Å². The first-order chi connectivity index (χ1) is 7.99. The highest BCUT2D eigenvalue weighted by Gasteiger charge is 2.51. The molecule has 1 saturated carbocycles. The van der Waals surface area contributed by atoms with Crippen LogP contribution in [-0.2, 0) is 10.2 Å². The van der Waals surface area contributed by atoms with E-state index in [1.807, 2.05) is 0 Å². The predicted octanol–water partition coefficient (Wildman–Crippen LogP) is 1.28. The van der Waals surface area contributed by atoms with Gasteiger partial charge in [-0.1, -0.05) is 6.07 Å². The van der Waals surface area contributed by atoms with Gasteiger partial charge in [0, 0.05) is 17.7 Å². The van der Waals surface area contributed by atoms with Gasteiger partial charge >= 0.3 is 5.97 Å². The minimum atomic E-state index is -1.03. The Labute approximate surface area is 98.2 Å². The average Bonchev–Trinajstić information content (AvgIpc) is 2.24. The number of methoxy groups -OCH3 is 1. The van der Waals surface area contributed by atoms with E-state index in [4.69, 9.17) is 10.5 Å². The number of aliphatic carboxylic acids is 1. The maximum atomic E-state index is 13.1. The van der Waals surface area contributed by atoms with Crippen molar-refractivity contribution >= 4 is 5.97 Å². The molecule has 4 nitrogen and oxygen atoms in total. The first-order valence-electron chi connectivity index (χ1n) is 5.32. The Balaban J connectivity index is 2.48. The lowest BCUT2D eigenvalue weighted by Crippen LogP contribution is -2.54. The SMILES string of the molecule is COc1cc(F)ccc1C1(C(=O)O)CC(N)C1. The van der Waals surface area contributed by atoms with Gasteiger partial charge < -0.3 is 15.6 Å². The van der Waals surface area contributed by atoms with E-state index >= 15 is 0 Å². The van der Waals surface area contributed by atoms with Crippen molar-refractivity contribution in [3.63, 3.8) is 0 Å². The zero-order chi connectivity index (χ0) is 12.6. The highest BCUT2D eigenvalue weighted by molar-refractivity contribution is 5.84. The number of hydrogen-bond acceptors (Lipinski definition) is 3. The Kier molecular flexibility index (Phi) is 2.79. The fourth-order valence-electron chi connectivity index (χ4n) is 2.41. The number of hydrogen-bond donors (Lipinski definition) is 2. The molecule has 5 heteroatoms. The number of benzene rings is 1. The number of nitrogens with two attached hydrogens (primary N) is 1. The summed E-state index contributed by atoms with van der Waals surface area (Å²) in [6.07, 6.45) is 0.703. The summed E-state index contributed by atoms with van der Waals surface area (Å²) in [5.74, 6) is -1.13. The molecule has 0 aliphatic heterocycles. The third-order valence-electron chi connectivity index (χ3n) is 3.31. The van der Waals surface area contributed by atoms with Crippen LogP contribution in [0.1, 0.15) is 18.4 Å². The first-order valence-corrected chi connectivity index (χ1v) is 5.32. The molecule has 2 rings (SSSR count). The van der Waals surface area contributed by atoms with E-state index in [1.54, 1.807) is 0 Å². The largest absolute Gasteiger partial charge is 0.496 e. The van der Waals surface area contributed by atoms with Crippen LogP contribution in [0.15, 0.2) is 18.2 Å². The molecule has 92 valence electrons. The summed E-state index contributed by atoms with van der Waals surface area (Å²) < 4.78 is 18.1. The minimum Gasteiger partial charge on any atom is -0.496 e. The summed E-state index contributed by atoms with van der Waals surface area (Å²) >= 11 is 0. The first kappa shape index (κ1) is 11.9. The Hall–Kier alpha value is -1.62. The third-order valence-corrected chi connectivity index (χ3v) is 3.31. The van der Waals surface area contributed by atoms with Crippen molar-refractivity contribution in [1.29, 1.82) is 0 Å². The highest BCUT2D eigenvalue weighted by atomic mass is 19.1. The van der Waals surface area contributed by atoms with Gasteiger partial charge in [0.1, 0.15) is 11.6 Å². The molecule has 0 amide bonds. The van der Waals surface area contributed by atoms with Gasteiger partial charge in [0.2, 0.25) is 0 Å². The van der Waals surface area contributed by atoms with Gasteiger partial charge in [0.15, 0.2) is 0 Å². The van der Waals surface area contributed by atoms with Crippen LogP contribution >= 0.6 is 0 Å². The molecule has 1 aromatic carbocycles. The zero-order valence-electron chi connectivity index (χ0n) is 9.44. The second-order valence-electron chi connectivity index (χ2n) is 4.40. The van der Waals surface area contributed by atoms with Crippen LogP contribution in [0.3, 0.4) is 0 Å². The molecule has 0 saturated heterocycles. The van der Waals surface area contributed by atoms with Crippen molar-refractivity contribution in [3.05, 3.63) is 29.6 Å². The number of carboxylic acid groups (broad SMARTS) is 1. The Morgan fingerprint density at radius 2 is 2.24 bits per heavy atom. The second kappa shape index (κ2) is 4.00. The van der Waals surface area contributed by atoms with E-state index in [2.05, 4.69) is 0 Å². The molecule has 0 bridgehead atoms. The quantitative estimate of drug-likeness (QED) is 0.833. The lowest BCUT2D eigenvalue weighted by Gasteiger charge is -2.43. The molecule has 0 aromatic heterocycles. The molecular weight excluding hydrogens is 225 g/mol. The van der Waals surface area contributed by atoms with Gasteiger partial charge in [-0.05, 0) is 18.9 Å². The molecule has 17 heavy (non-hydrogen) atoms. The van der Waals surface area contributed by atoms with E-state index in [9.17, 15) is 14.3 Å². The van der Waals surface area contributed by atoms with Crippen molar-refractivity contribution in [2.75, 3.05) is 7.11 Å². The zero-order valence-corrected chi connectivity index (χ0v) is 9.44. The van der Waals surface area contributed by atoms with Gasteiger partial charge in [-0.3, -0.25) is 4.79 Å². The summed E-state index contributed by atoms with van der Waals surface area (Å²) in [5, 5.41) is 9.34. The Morgan fingerprint density at radius 3 is 2.71 bits per heavy atom. The molecule has 1 aliphatic carbocycles. The van der Waals surface area contributed by atoms with E-state index in [1.165, 1.54) is 25.3 Å². The number of carboxylic acids is 1. The summed E-state index contributed by atoms with van der Waals surface area (Å²) in [7, 11) is 1.40. The minimum absolute atomic E-state index is 0.124. The van der Waals surface area contributed by atoms with E-state index < -0.39 is 17.2 Å². The van der Waals surface area contributed by atoms with E-state index in [0.717, 1.165) is 0 Å². The lowest BCUT2D eigenvalue weighted by molar-refractivity contribution is -0.148. The van der Waals surface area contributed by atoms with Crippen molar-refractivity contribution in [2.45, 2.75) is 24.3 Å². The van der Waals surface area contributed by atoms with Crippen LogP contribution in [0.25, 0.3) is 0 Å². The van der Waals surface area contributed by atoms with E-state index in [-0.39, 0.29) is 11.8 Å². The summed E-state index contributed by atoms with van der Waals surface area (Å²) in [4.78, 5) is 11.4. The van der Waals surface area contributed by atoms with E-state index in [0.29, 0.717) is 18.4 Å². The molecule has 0 spiro atoms. The normalized spacial score (nSPS) is 27.4. The van der Waals surface area contributed by atoms with Crippen molar-refractivity contribution in [3.8, 4) is 5.75 Å². The van der Waals surface area contributed by atoms with Gasteiger partial charge in [0.25, 0.3) is 0 Å². The van der Waals surface area contributed by atoms with Gasteiger partial charge in [-0.25, -0.2) is 4.39 Å². The third kappa shape index (κ3) is 1.76. The number of ether oxygens (including phenoxy) is 1. The molecule has 0 atom stereocenters. The summed E-state index contributed by atoms with van der Waals surface area (Å²) in [6.45, 7) is 0. The fourth-order valence-corrected chi connectivity index (χ4v) is 2.41. The summed E-state index contributed by atoms with van der Waals surface area (Å²) in [5.41, 5.74) is 5.14. The number of carbonyl (C=O) groups is 1. The molecule has 3 N–H and O–H groups in total. The van der Waals surface area contributed by atoms with Crippen LogP contribution in [-0.4, -0.2) is 24.2 Å². The van der Waals surface area contributed by atoms with Crippen LogP contribution in [0.4, 0.5) is 4.39 Å². The number of rotatable bonds is 3. The highest BCUT2D eigenvalue weighted by Crippen LogP contribution is 2.46. The Bertz CT molecular complexity index is 455. The maximum Gasteiger partial charge on any atom is 0.314 e. The monoisotopic (exact) mass is 239 g/mol. The molecular formula is C12H14FNO3. The molecule has 1 aromatic rings. The second-order valence-corrected chi connectivity index (χ2v) is 4.40. The summed E-state index contributed by atoms with van der Waals surface area (Å²) in [6, 6.07) is 3.78. The lowest BCUT2D eigenvalue weighted by atomic mass is 9.61. The van der Waals surface area contributed by atoms with Crippen molar-refractivity contribution < 1.29 is 19.0 Å². The molecule has 0 heterocycles. The fraction of sp³-hybridized carbons (Fsp3) is 0.417.